The first kappa shape index (κ1) is 16.9. The fourth-order valence-electron chi connectivity index (χ4n) is 2.62. The van der Waals surface area contributed by atoms with E-state index in [2.05, 4.69) is 32.4 Å². The van der Waals surface area contributed by atoms with Gasteiger partial charge in [0.05, 0.1) is 6.21 Å². The van der Waals surface area contributed by atoms with Crippen molar-refractivity contribution in [1.82, 2.24) is 15.3 Å². The van der Waals surface area contributed by atoms with Crippen molar-refractivity contribution in [2.75, 3.05) is 38.1 Å². The number of hydrogen-bond donors (Lipinski definition) is 2. The van der Waals surface area contributed by atoms with E-state index < -0.39 is 5.91 Å². The molecule has 2 N–H and O–H groups in total. The maximum Gasteiger partial charge on any atom is 0.289 e. The summed E-state index contributed by atoms with van der Waals surface area (Å²) >= 11 is 0. The number of carbonyl (C=O) groups excluding carboxylic acids is 1. The molecule has 2 heterocycles. The molecule has 1 aliphatic rings. The van der Waals surface area contributed by atoms with Crippen LogP contribution in [-0.2, 0) is 0 Å². The molecule has 25 heavy (non-hydrogen) atoms. The van der Waals surface area contributed by atoms with Crippen LogP contribution in [0.2, 0.25) is 0 Å². The number of carbonyl (C=O) groups is 1. The predicted octanol–water partition coefficient (Wildman–Crippen LogP) is 1.30. The molecule has 1 saturated heterocycles. The number of nitrogens with one attached hydrogen (secondary N) is 1. The van der Waals surface area contributed by atoms with Crippen molar-refractivity contribution in [3.8, 4) is 5.75 Å². The highest BCUT2D eigenvalue weighted by Gasteiger charge is 2.15. The lowest BCUT2D eigenvalue weighted by molar-refractivity contribution is 0.0950. The fraction of sp³-hybridized carbons (Fsp3) is 0.278. The van der Waals surface area contributed by atoms with E-state index in [4.69, 9.17) is 0 Å². The summed E-state index contributed by atoms with van der Waals surface area (Å²) in [5, 5.41) is 13.9. The van der Waals surface area contributed by atoms with Crippen LogP contribution in [0, 0.1) is 0 Å². The van der Waals surface area contributed by atoms with Gasteiger partial charge < -0.3 is 14.9 Å². The van der Waals surface area contributed by atoms with Crippen LogP contribution in [0.25, 0.3) is 0 Å². The van der Waals surface area contributed by atoms with Gasteiger partial charge in [0.25, 0.3) is 5.91 Å². The summed E-state index contributed by atoms with van der Waals surface area (Å²) in [6.07, 6.45) is 2.99. The maximum absolute atomic E-state index is 11.9. The molecule has 2 aromatic rings. The third kappa shape index (κ3) is 4.33. The molecular weight excluding hydrogens is 318 g/mol. The van der Waals surface area contributed by atoms with E-state index in [0.29, 0.717) is 5.56 Å². The molecule has 1 aromatic heterocycles. The number of hydrogen-bond acceptors (Lipinski definition) is 6. The molecule has 1 amide bonds. The monoisotopic (exact) mass is 339 g/mol. The number of anilines is 1. The van der Waals surface area contributed by atoms with Gasteiger partial charge >= 0.3 is 0 Å². The molecule has 0 aliphatic carbocycles. The third-order valence-corrected chi connectivity index (χ3v) is 4.15. The highest BCUT2D eigenvalue weighted by atomic mass is 16.3. The van der Waals surface area contributed by atoms with Crippen molar-refractivity contribution >= 4 is 17.8 Å². The molecule has 0 radical (unpaired) electrons. The second-order valence-corrected chi connectivity index (χ2v) is 5.95. The first-order valence-electron chi connectivity index (χ1n) is 8.14. The Hall–Kier alpha value is -2.93. The van der Waals surface area contributed by atoms with E-state index in [0.717, 1.165) is 31.9 Å². The average molecular weight is 339 g/mol. The van der Waals surface area contributed by atoms with Gasteiger partial charge in [-0.15, -0.1) is 0 Å². The van der Waals surface area contributed by atoms with Gasteiger partial charge in [0.15, 0.2) is 0 Å². The van der Waals surface area contributed by atoms with Gasteiger partial charge in [-0.3, -0.25) is 9.78 Å². The van der Waals surface area contributed by atoms with E-state index in [1.807, 2.05) is 12.1 Å². The highest BCUT2D eigenvalue weighted by molar-refractivity contribution is 5.93. The Morgan fingerprint density at radius 2 is 2.04 bits per heavy atom. The molecule has 0 atom stereocenters. The quantitative estimate of drug-likeness (QED) is 0.648. The topological polar surface area (TPSA) is 81.1 Å². The molecule has 0 spiro atoms. The Balaban J connectivity index is 1.67. The van der Waals surface area contributed by atoms with Gasteiger partial charge in [0, 0.05) is 43.6 Å². The number of aromatic nitrogens is 1. The van der Waals surface area contributed by atoms with Crippen LogP contribution in [0.5, 0.6) is 5.75 Å². The van der Waals surface area contributed by atoms with Crippen molar-refractivity contribution in [1.29, 1.82) is 0 Å². The Kier molecular flexibility index (Phi) is 5.25. The third-order valence-electron chi connectivity index (χ3n) is 4.15. The van der Waals surface area contributed by atoms with Gasteiger partial charge in [-0.25, -0.2) is 5.43 Å². The zero-order valence-corrected chi connectivity index (χ0v) is 14.1. The van der Waals surface area contributed by atoms with Crippen LogP contribution in [0.15, 0.2) is 47.7 Å². The number of rotatable bonds is 4. The summed E-state index contributed by atoms with van der Waals surface area (Å²) in [4.78, 5) is 20.4. The number of hydrazone groups is 1. The SMILES string of the molecule is CN1CCN(c2ccc(O)c(/C=N/NC(=O)c3ccccn3)c2)CC1. The summed E-state index contributed by atoms with van der Waals surface area (Å²) in [5.74, 6) is -0.278. The lowest BCUT2D eigenvalue weighted by atomic mass is 10.1. The molecule has 1 fully saturated rings. The largest absolute Gasteiger partial charge is 0.507 e. The first-order valence-corrected chi connectivity index (χ1v) is 8.14. The summed E-state index contributed by atoms with van der Waals surface area (Å²) in [6.45, 7) is 3.89. The highest BCUT2D eigenvalue weighted by Crippen LogP contribution is 2.23. The van der Waals surface area contributed by atoms with Gasteiger partial charge in [-0.1, -0.05) is 6.07 Å². The Bertz CT molecular complexity index is 755. The Labute approximate surface area is 146 Å². The normalized spacial score (nSPS) is 15.5. The van der Waals surface area contributed by atoms with Crippen molar-refractivity contribution in [3.63, 3.8) is 0 Å². The van der Waals surface area contributed by atoms with Crippen LogP contribution in [0.1, 0.15) is 16.1 Å². The summed E-state index contributed by atoms with van der Waals surface area (Å²) in [6, 6.07) is 10.5. The number of amides is 1. The van der Waals surface area contributed by atoms with Crippen molar-refractivity contribution in [2.24, 2.45) is 5.10 Å². The van der Waals surface area contributed by atoms with Crippen LogP contribution in [0.4, 0.5) is 5.69 Å². The molecule has 7 heteroatoms. The Morgan fingerprint density at radius 3 is 2.76 bits per heavy atom. The van der Waals surface area contributed by atoms with Crippen LogP contribution >= 0.6 is 0 Å². The lowest BCUT2D eigenvalue weighted by Crippen LogP contribution is -2.44. The minimum Gasteiger partial charge on any atom is -0.507 e. The van der Waals surface area contributed by atoms with Crippen molar-refractivity contribution < 1.29 is 9.90 Å². The van der Waals surface area contributed by atoms with Crippen molar-refractivity contribution in [3.05, 3.63) is 53.9 Å². The molecule has 1 aromatic carbocycles. The number of nitrogens with zero attached hydrogens (tertiary/aromatic N) is 4. The Morgan fingerprint density at radius 1 is 1.24 bits per heavy atom. The average Bonchev–Trinajstić information content (AvgIpc) is 2.64. The zero-order chi connectivity index (χ0) is 17.6. The second kappa shape index (κ2) is 7.76. The van der Waals surface area contributed by atoms with E-state index in [1.54, 1.807) is 30.5 Å². The predicted molar refractivity (Wildman–Crippen MR) is 97.1 cm³/mol. The molecule has 3 rings (SSSR count). The number of pyridine rings is 1. The van der Waals surface area contributed by atoms with Crippen LogP contribution < -0.4 is 10.3 Å². The molecule has 0 unspecified atom stereocenters. The molecule has 0 saturated carbocycles. The van der Waals surface area contributed by atoms with Gasteiger partial charge in [0.2, 0.25) is 0 Å². The van der Waals surface area contributed by atoms with E-state index in [1.165, 1.54) is 6.21 Å². The molecular formula is C18H21N5O2. The van der Waals surface area contributed by atoms with E-state index in [-0.39, 0.29) is 11.4 Å². The van der Waals surface area contributed by atoms with E-state index in [9.17, 15) is 9.90 Å². The summed E-state index contributed by atoms with van der Waals surface area (Å²) in [5.41, 5.74) is 4.29. The second-order valence-electron chi connectivity index (χ2n) is 5.95. The number of phenols is 1. The van der Waals surface area contributed by atoms with E-state index >= 15 is 0 Å². The summed E-state index contributed by atoms with van der Waals surface area (Å²) < 4.78 is 0. The molecule has 1 aliphatic heterocycles. The smallest absolute Gasteiger partial charge is 0.289 e. The molecule has 130 valence electrons. The standard InChI is InChI=1S/C18H21N5O2/c1-22-8-10-23(11-9-22)15-5-6-17(24)14(12-15)13-20-21-18(25)16-4-2-3-7-19-16/h2-7,12-13,24H,8-11H2,1H3,(H,21,25)/b20-13+. The number of benzene rings is 1. The number of likely N-dealkylation sites (N-methyl/N-ethyl adjacent to an activating group) is 1. The lowest BCUT2D eigenvalue weighted by Gasteiger charge is -2.34. The zero-order valence-electron chi connectivity index (χ0n) is 14.1. The van der Waals surface area contributed by atoms with Crippen LogP contribution in [-0.4, -0.2) is 60.3 Å². The number of aromatic hydroxyl groups is 1. The summed E-state index contributed by atoms with van der Waals surface area (Å²) in [7, 11) is 2.11. The number of phenolic OH excluding ortho intramolecular Hbond substituents is 1. The van der Waals surface area contributed by atoms with Gasteiger partial charge in [0.1, 0.15) is 11.4 Å². The van der Waals surface area contributed by atoms with Crippen LogP contribution in [0.3, 0.4) is 0 Å². The minimum absolute atomic E-state index is 0.119. The first-order chi connectivity index (χ1) is 12.1. The van der Waals surface area contributed by atoms with Crippen molar-refractivity contribution in [2.45, 2.75) is 0 Å². The van der Waals surface area contributed by atoms with Gasteiger partial charge in [-0.05, 0) is 37.4 Å². The molecule has 0 bridgehead atoms. The minimum atomic E-state index is -0.397. The maximum atomic E-state index is 11.9. The molecule has 7 nitrogen and oxygen atoms in total. The number of piperazine rings is 1. The van der Waals surface area contributed by atoms with Gasteiger partial charge in [-0.2, -0.15) is 5.10 Å². The fourth-order valence-corrected chi connectivity index (χ4v) is 2.62.